The van der Waals surface area contributed by atoms with E-state index in [0.29, 0.717) is 36.2 Å². The van der Waals surface area contributed by atoms with Crippen molar-refractivity contribution in [3.8, 4) is 0 Å². The maximum Gasteiger partial charge on any atom is 0.152 e. The van der Waals surface area contributed by atoms with Crippen molar-refractivity contribution in [3.05, 3.63) is 0 Å². The predicted octanol–water partition coefficient (Wildman–Crippen LogP) is 1.17. The van der Waals surface area contributed by atoms with Crippen molar-refractivity contribution in [2.45, 2.75) is 87.4 Å². The number of ketones is 1. The SMILES string of the molecule is O=C1CC(N2CCOCC2)OC2C1SCC2C1CCC(NC2NCCC(N3CCCC3)N2)CC1. The van der Waals surface area contributed by atoms with E-state index in [1.807, 2.05) is 11.8 Å². The van der Waals surface area contributed by atoms with Gasteiger partial charge in [-0.25, -0.2) is 0 Å². The molecule has 6 aliphatic rings. The minimum Gasteiger partial charge on any atom is -0.379 e. The van der Waals surface area contributed by atoms with Crippen LogP contribution in [0, 0.1) is 11.8 Å². The lowest BCUT2D eigenvalue weighted by Gasteiger charge is -2.43. The van der Waals surface area contributed by atoms with Gasteiger partial charge >= 0.3 is 0 Å². The summed E-state index contributed by atoms with van der Waals surface area (Å²) in [5.41, 5.74) is 0. The van der Waals surface area contributed by atoms with Gasteiger partial charge in [-0.1, -0.05) is 0 Å². The molecule has 1 saturated carbocycles. The molecule has 8 nitrogen and oxygen atoms in total. The number of likely N-dealkylation sites (tertiary alicyclic amines) is 1. The highest BCUT2D eigenvalue weighted by Crippen LogP contribution is 2.46. The third kappa shape index (κ3) is 5.23. The summed E-state index contributed by atoms with van der Waals surface area (Å²) in [5, 5.41) is 11.4. The molecule has 5 saturated heterocycles. The van der Waals surface area contributed by atoms with Crippen LogP contribution in [-0.4, -0.2) is 103 Å². The molecule has 6 atom stereocenters. The summed E-state index contributed by atoms with van der Waals surface area (Å²) < 4.78 is 12.2. The van der Waals surface area contributed by atoms with Gasteiger partial charge in [-0.2, -0.15) is 0 Å². The topological polar surface area (TPSA) is 78.1 Å². The normalized spacial score (nSPS) is 44.9. The minimum absolute atomic E-state index is 0.0381. The maximum atomic E-state index is 13.0. The van der Waals surface area contributed by atoms with Crippen LogP contribution in [-0.2, 0) is 14.3 Å². The van der Waals surface area contributed by atoms with Gasteiger partial charge in [0, 0.05) is 32.1 Å². The van der Waals surface area contributed by atoms with Gasteiger partial charge in [0.1, 0.15) is 12.5 Å². The fourth-order valence-electron chi connectivity index (χ4n) is 7.18. The Bertz CT molecular complexity index is 696. The molecule has 0 spiro atoms. The first kappa shape index (κ1) is 24.1. The van der Waals surface area contributed by atoms with Crippen LogP contribution in [0.25, 0.3) is 0 Å². The van der Waals surface area contributed by atoms with Crippen molar-refractivity contribution in [2.24, 2.45) is 11.8 Å². The number of fused-ring (bicyclic) bond motifs is 1. The van der Waals surface area contributed by atoms with Crippen LogP contribution < -0.4 is 16.0 Å². The van der Waals surface area contributed by atoms with Crippen LogP contribution in [0.15, 0.2) is 0 Å². The zero-order chi connectivity index (χ0) is 22.9. The van der Waals surface area contributed by atoms with E-state index in [4.69, 9.17) is 9.47 Å². The molecule has 1 aliphatic carbocycles. The van der Waals surface area contributed by atoms with Crippen LogP contribution in [0.3, 0.4) is 0 Å². The van der Waals surface area contributed by atoms with Gasteiger partial charge in [-0.3, -0.25) is 30.5 Å². The lowest BCUT2D eigenvalue weighted by molar-refractivity contribution is -0.170. The lowest BCUT2D eigenvalue weighted by atomic mass is 9.75. The number of rotatable bonds is 5. The van der Waals surface area contributed by atoms with Crippen molar-refractivity contribution in [1.82, 2.24) is 25.8 Å². The summed E-state index contributed by atoms with van der Waals surface area (Å²) >= 11 is 1.87. The monoisotopic (exact) mass is 493 g/mol. The first-order valence-corrected chi connectivity index (χ1v) is 14.9. The molecular formula is C25H43N5O3S. The fourth-order valence-corrected chi connectivity index (χ4v) is 8.81. The Labute approximate surface area is 208 Å². The van der Waals surface area contributed by atoms with E-state index in [0.717, 1.165) is 38.6 Å². The van der Waals surface area contributed by atoms with Crippen LogP contribution in [0.2, 0.25) is 0 Å². The molecule has 0 bridgehead atoms. The van der Waals surface area contributed by atoms with Crippen molar-refractivity contribution in [2.75, 3.05) is 51.7 Å². The highest BCUT2D eigenvalue weighted by Gasteiger charge is 2.50. The number of carbonyl (C=O) groups excluding carboxylic acids is 1. The van der Waals surface area contributed by atoms with Crippen molar-refractivity contribution in [3.63, 3.8) is 0 Å². The van der Waals surface area contributed by atoms with E-state index >= 15 is 0 Å². The van der Waals surface area contributed by atoms with Crippen molar-refractivity contribution >= 4 is 17.5 Å². The number of morpholine rings is 1. The summed E-state index contributed by atoms with van der Waals surface area (Å²) in [4.78, 5) is 17.9. The number of thioether (sulfide) groups is 1. The van der Waals surface area contributed by atoms with Gasteiger partial charge < -0.3 is 9.47 Å². The number of nitrogens with zero attached hydrogens (tertiary/aromatic N) is 2. The molecule has 0 radical (unpaired) electrons. The second kappa shape index (κ2) is 11.0. The minimum atomic E-state index is -0.0381. The van der Waals surface area contributed by atoms with Gasteiger partial charge in [0.25, 0.3) is 0 Å². The highest BCUT2D eigenvalue weighted by atomic mass is 32.2. The summed E-state index contributed by atoms with van der Waals surface area (Å²) in [6.07, 6.45) is 10.2. The summed E-state index contributed by atoms with van der Waals surface area (Å²) in [6, 6.07) is 0.568. The molecule has 3 N–H and O–H groups in total. The van der Waals surface area contributed by atoms with E-state index in [-0.39, 0.29) is 23.9 Å². The molecular weight excluding hydrogens is 450 g/mol. The van der Waals surface area contributed by atoms with Gasteiger partial charge in [0.05, 0.1) is 30.7 Å². The smallest absolute Gasteiger partial charge is 0.152 e. The Morgan fingerprint density at radius 3 is 2.56 bits per heavy atom. The van der Waals surface area contributed by atoms with Crippen LogP contribution in [0.4, 0.5) is 0 Å². The third-order valence-electron chi connectivity index (χ3n) is 9.14. The average Bonchev–Trinajstić information content (AvgIpc) is 3.56. The van der Waals surface area contributed by atoms with Gasteiger partial charge in [0.2, 0.25) is 0 Å². The van der Waals surface area contributed by atoms with E-state index < -0.39 is 0 Å². The molecule has 6 fully saturated rings. The van der Waals surface area contributed by atoms with Gasteiger partial charge in [-0.05, 0) is 75.6 Å². The van der Waals surface area contributed by atoms with Crippen molar-refractivity contribution < 1.29 is 14.3 Å². The maximum absolute atomic E-state index is 13.0. The molecule has 5 aliphatic heterocycles. The zero-order valence-electron chi connectivity index (χ0n) is 20.5. The first-order valence-electron chi connectivity index (χ1n) is 13.9. The Kier molecular flexibility index (Phi) is 7.80. The molecule has 5 heterocycles. The van der Waals surface area contributed by atoms with E-state index in [9.17, 15) is 4.79 Å². The molecule has 0 amide bonds. The molecule has 192 valence electrons. The number of hydrogen-bond donors (Lipinski definition) is 3. The Morgan fingerprint density at radius 2 is 1.76 bits per heavy atom. The Balaban J connectivity index is 0.999. The second-order valence-electron chi connectivity index (χ2n) is 11.2. The molecule has 6 rings (SSSR count). The van der Waals surface area contributed by atoms with E-state index in [1.165, 1.54) is 58.0 Å². The second-order valence-corrected chi connectivity index (χ2v) is 12.3. The Morgan fingerprint density at radius 1 is 0.971 bits per heavy atom. The quantitative estimate of drug-likeness (QED) is 0.523. The van der Waals surface area contributed by atoms with Crippen molar-refractivity contribution in [1.29, 1.82) is 0 Å². The van der Waals surface area contributed by atoms with E-state index in [1.54, 1.807) is 0 Å². The third-order valence-corrected chi connectivity index (χ3v) is 10.6. The summed E-state index contributed by atoms with van der Waals surface area (Å²) in [7, 11) is 0. The number of nitrogens with one attached hydrogen (secondary N) is 3. The zero-order valence-corrected chi connectivity index (χ0v) is 21.3. The van der Waals surface area contributed by atoms with Crippen LogP contribution in [0.1, 0.15) is 51.4 Å². The molecule has 0 aromatic rings. The largest absolute Gasteiger partial charge is 0.379 e. The van der Waals surface area contributed by atoms with E-state index in [2.05, 4.69) is 25.8 Å². The predicted molar refractivity (Wildman–Crippen MR) is 133 cm³/mol. The standard InChI is InChI=1S/C25H43N5O3S/c31-20-15-22(30-11-13-32-14-12-30)33-23-19(16-34-24(20)23)17-3-5-18(6-4-17)27-25-26-8-7-21(28-25)29-9-1-2-10-29/h17-19,21-28H,1-16H2. The number of Topliss-reactive ketones (excluding diaryl/α,β-unsaturated/α-hetero) is 1. The van der Waals surface area contributed by atoms with Crippen LogP contribution >= 0.6 is 11.8 Å². The molecule has 34 heavy (non-hydrogen) atoms. The van der Waals surface area contributed by atoms with Gasteiger partial charge in [0.15, 0.2) is 5.78 Å². The molecule has 6 unspecified atom stereocenters. The first-order chi connectivity index (χ1) is 16.7. The average molecular weight is 494 g/mol. The highest BCUT2D eigenvalue weighted by molar-refractivity contribution is 8.01. The number of ether oxygens (including phenoxy) is 2. The molecule has 0 aromatic carbocycles. The molecule has 9 heteroatoms. The summed E-state index contributed by atoms with van der Waals surface area (Å²) in [5.74, 6) is 2.70. The number of carbonyl (C=O) groups is 1. The lowest BCUT2D eigenvalue weighted by Crippen LogP contribution is -2.66. The van der Waals surface area contributed by atoms with Crippen LogP contribution in [0.5, 0.6) is 0 Å². The number of hydrogen-bond acceptors (Lipinski definition) is 9. The summed E-state index contributed by atoms with van der Waals surface area (Å²) in [6.45, 7) is 6.83. The fraction of sp³-hybridized carbons (Fsp3) is 0.960. The molecule has 0 aromatic heterocycles. The Hall–Kier alpha value is -0.260. The van der Waals surface area contributed by atoms with Gasteiger partial charge in [-0.15, -0.1) is 11.8 Å².